The van der Waals surface area contributed by atoms with Crippen LogP contribution < -0.4 is 9.13 Å². The second-order valence-electron chi connectivity index (χ2n) is 5.71. The van der Waals surface area contributed by atoms with Crippen molar-refractivity contribution in [3.05, 3.63) is 48.8 Å². The Hall–Kier alpha value is -1.96. The minimum Gasteiger partial charge on any atom is -0.190 e. The third-order valence-electron chi connectivity index (χ3n) is 4.41. The fourth-order valence-electron chi connectivity index (χ4n) is 3.51. The van der Waals surface area contributed by atoms with E-state index < -0.39 is 0 Å². The summed E-state index contributed by atoms with van der Waals surface area (Å²) in [6.45, 7) is 4.64. The molecule has 2 nitrogen and oxygen atoms in total. The Morgan fingerprint density at radius 1 is 0.789 bits per heavy atom. The Labute approximate surface area is 112 Å². The van der Waals surface area contributed by atoms with Gasteiger partial charge in [0.05, 0.1) is 17.2 Å². The lowest BCUT2D eigenvalue weighted by Crippen LogP contribution is -2.39. The Kier molecular flexibility index (Phi) is 2.16. The largest absolute Gasteiger partial charge is 0.285 e. The van der Waals surface area contributed by atoms with Gasteiger partial charge in [-0.25, -0.2) is 0 Å². The lowest BCUT2D eigenvalue weighted by molar-refractivity contribution is -0.711. The molecule has 4 rings (SSSR count). The van der Waals surface area contributed by atoms with Crippen LogP contribution in [0.25, 0.3) is 21.8 Å². The molecule has 0 bridgehead atoms. The molecule has 0 amide bonds. The van der Waals surface area contributed by atoms with Gasteiger partial charge < -0.3 is 0 Å². The Bertz CT molecular complexity index is 725. The number of hydrogen-bond donors (Lipinski definition) is 0. The first-order chi connectivity index (χ1) is 9.25. The van der Waals surface area contributed by atoms with Gasteiger partial charge >= 0.3 is 0 Å². The summed E-state index contributed by atoms with van der Waals surface area (Å²) in [7, 11) is 0. The van der Waals surface area contributed by atoms with Gasteiger partial charge in [-0.3, -0.25) is 0 Å². The van der Waals surface area contributed by atoms with Crippen LogP contribution in [0.2, 0.25) is 0 Å². The SMILES string of the molecule is CC1CC(C)[n+]2cccc3ccc4ccc[n+]1c4c32. The molecule has 0 aliphatic carbocycles. The van der Waals surface area contributed by atoms with E-state index in [0.717, 1.165) is 0 Å². The van der Waals surface area contributed by atoms with Gasteiger partial charge in [0.25, 0.3) is 11.0 Å². The van der Waals surface area contributed by atoms with E-state index in [4.69, 9.17) is 0 Å². The lowest BCUT2D eigenvalue weighted by atomic mass is 10.1. The summed E-state index contributed by atoms with van der Waals surface area (Å²) in [4.78, 5) is 0. The average molecular weight is 250 g/mol. The maximum absolute atomic E-state index is 2.44. The van der Waals surface area contributed by atoms with Crippen LogP contribution in [-0.4, -0.2) is 0 Å². The van der Waals surface area contributed by atoms with Gasteiger partial charge in [0.2, 0.25) is 0 Å². The highest BCUT2D eigenvalue weighted by molar-refractivity contribution is 5.98. The zero-order chi connectivity index (χ0) is 13.0. The van der Waals surface area contributed by atoms with Crippen molar-refractivity contribution >= 4 is 21.8 Å². The predicted octanol–water partition coefficient (Wildman–Crippen LogP) is 3.09. The molecule has 3 aromatic rings. The van der Waals surface area contributed by atoms with E-state index in [1.807, 2.05) is 0 Å². The molecule has 1 aliphatic heterocycles. The molecule has 0 spiro atoms. The van der Waals surface area contributed by atoms with Crippen molar-refractivity contribution in [2.24, 2.45) is 0 Å². The molecule has 1 aliphatic rings. The van der Waals surface area contributed by atoms with Crippen molar-refractivity contribution < 1.29 is 9.13 Å². The minimum atomic E-state index is 0.532. The molecular formula is C17H18N2+2. The maximum atomic E-state index is 2.44. The van der Waals surface area contributed by atoms with E-state index in [1.54, 1.807) is 0 Å². The monoisotopic (exact) mass is 250 g/mol. The smallest absolute Gasteiger partial charge is 0.190 e. The molecule has 2 unspecified atom stereocenters. The first kappa shape index (κ1) is 10.9. The van der Waals surface area contributed by atoms with E-state index in [0.29, 0.717) is 12.1 Å². The highest BCUT2D eigenvalue weighted by Crippen LogP contribution is 2.26. The number of aromatic nitrogens is 2. The zero-order valence-electron chi connectivity index (χ0n) is 11.4. The summed E-state index contributed by atoms with van der Waals surface area (Å²) in [6, 6.07) is 14.3. The minimum absolute atomic E-state index is 0.532. The van der Waals surface area contributed by atoms with Gasteiger partial charge in [-0.2, -0.15) is 9.13 Å². The van der Waals surface area contributed by atoms with Crippen molar-refractivity contribution in [2.45, 2.75) is 32.4 Å². The van der Waals surface area contributed by atoms with Crippen molar-refractivity contribution in [2.75, 3.05) is 0 Å². The Balaban J connectivity index is 2.31. The molecule has 94 valence electrons. The van der Waals surface area contributed by atoms with Crippen LogP contribution in [0.5, 0.6) is 0 Å². The molecule has 0 saturated carbocycles. The molecular weight excluding hydrogens is 232 g/mol. The van der Waals surface area contributed by atoms with E-state index in [1.165, 1.54) is 28.2 Å². The average Bonchev–Trinajstić information content (AvgIpc) is 2.55. The van der Waals surface area contributed by atoms with E-state index in [9.17, 15) is 0 Å². The highest BCUT2D eigenvalue weighted by atomic mass is 15.1. The van der Waals surface area contributed by atoms with Crippen molar-refractivity contribution in [3.63, 3.8) is 0 Å². The number of pyridine rings is 2. The van der Waals surface area contributed by atoms with E-state index in [-0.39, 0.29) is 0 Å². The van der Waals surface area contributed by atoms with Crippen molar-refractivity contribution in [1.82, 2.24) is 0 Å². The second-order valence-corrected chi connectivity index (χ2v) is 5.71. The van der Waals surface area contributed by atoms with Gasteiger partial charge in [0, 0.05) is 12.1 Å². The van der Waals surface area contributed by atoms with Gasteiger partial charge in [0.1, 0.15) is 0 Å². The van der Waals surface area contributed by atoms with Crippen LogP contribution in [0.1, 0.15) is 32.4 Å². The van der Waals surface area contributed by atoms with Gasteiger partial charge in [-0.05, 0) is 38.1 Å². The quantitative estimate of drug-likeness (QED) is 0.428. The third kappa shape index (κ3) is 1.43. The number of rotatable bonds is 0. The fourth-order valence-corrected chi connectivity index (χ4v) is 3.51. The van der Waals surface area contributed by atoms with Gasteiger partial charge in [-0.1, -0.05) is 0 Å². The first-order valence-corrected chi connectivity index (χ1v) is 7.02. The number of hydrogen-bond acceptors (Lipinski definition) is 0. The topological polar surface area (TPSA) is 7.76 Å². The maximum Gasteiger partial charge on any atom is 0.285 e. The fraction of sp³-hybridized carbons (Fsp3) is 0.294. The van der Waals surface area contributed by atoms with Gasteiger partial charge in [0.15, 0.2) is 24.5 Å². The zero-order valence-corrected chi connectivity index (χ0v) is 11.4. The van der Waals surface area contributed by atoms with Crippen LogP contribution >= 0.6 is 0 Å². The summed E-state index contributed by atoms with van der Waals surface area (Å²) in [5.74, 6) is 0. The van der Waals surface area contributed by atoms with E-state index in [2.05, 4.69) is 71.8 Å². The summed E-state index contributed by atoms with van der Waals surface area (Å²) >= 11 is 0. The number of benzene rings is 1. The van der Waals surface area contributed by atoms with Crippen LogP contribution in [0.4, 0.5) is 0 Å². The number of nitrogens with zero attached hydrogens (tertiary/aromatic N) is 2. The summed E-state index contributed by atoms with van der Waals surface area (Å²) in [5, 5.41) is 2.66. The van der Waals surface area contributed by atoms with Crippen molar-refractivity contribution in [1.29, 1.82) is 0 Å². The molecule has 2 heteroatoms. The van der Waals surface area contributed by atoms with Crippen LogP contribution in [0.3, 0.4) is 0 Å². The summed E-state index contributed by atoms with van der Waals surface area (Å²) < 4.78 is 4.88. The molecule has 19 heavy (non-hydrogen) atoms. The van der Waals surface area contributed by atoms with E-state index >= 15 is 0 Å². The molecule has 0 radical (unpaired) electrons. The van der Waals surface area contributed by atoms with Crippen LogP contribution in [0.15, 0.2) is 48.8 Å². The molecule has 1 aromatic carbocycles. The standard InChI is InChI=1S/C17H18N2/c1-12-11-13(2)19-10-4-6-15-8-7-14-5-3-9-18(12)16(14)17(15)19/h3-10,12-13H,11H2,1-2H3/q+2. The van der Waals surface area contributed by atoms with Crippen LogP contribution in [-0.2, 0) is 0 Å². The predicted molar refractivity (Wildman–Crippen MR) is 75.9 cm³/mol. The Morgan fingerprint density at radius 3 is 1.74 bits per heavy atom. The molecule has 0 fully saturated rings. The highest BCUT2D eigenvalue weighted by Gasteiger charge is 2.33. The van der Waals surface area contributed by atoms with Crippen molar-refractivity contribution in [3.8, 4) is 0 Å². The summed E-state index contributed by atoms with van der Waals surface area (Å²) in [5.41, 5.74) is 2.75. The molecule has 2 atom stereocenters. The molecule has 0 saturated heterocycles. The summed E-state index contributed by atoms with van der Waals surface area (Å²) in [6.07, 6.45) is 5.62. The normalized spacial score (nSPS) is 22.0. The molecule has 0 N–H and O–H groups in total. The van der Waals surface area contributed by atoms with Gasteiger partial charge in [-0.15, -0.1) is 0 Å². The first-order valence-electron chi connectivity index (χ1n) is 7.02. The molecule has 2 aromatic heterocycles. The van der Waals surface area contributed by atoms with Crippen LogP contribution in [0, 0.1) is 0 Å². The lowest BCUT2D eigenvalue weighted by Gasteiger charge is -2.06. The Morgan fingerprint density at radius 2 is 1.26 bits per heavy atom. The molecule has 3 heterocycles. The second kappa shape index (κ2) is 3.77. The third-order valence-corrected chi connectivity index (χ3v) is 4.41.